The molecule has 0 heterocycles. The molecule has 0 unspecified atom stereocenters. The van der Waals surface area contributed by atoms with Crippen molar-refractivity contribution in [2.45, 2.75) is 79.4 Å². The molecule has 0 amide bonds. The van der Waals surface area contributed by atoms with E-state index in [4.69, 9.17) is 12.7 Å². The molecule has 0 bridgehead atoms. The summed E-state index contributed by atoms with van der Waals surface area (Å²) in [5.74, 6) is 0.454. The third-order valence-electron chi connectivity index (χ3n) is 3.05. The minimum Gasteiger partial charge on any atom is -0.491 e. The lowest BCUT2D eigenvalue weighted by molar-refractivity contribution is -0.132. The molecule has 0 aromatic carbocycles. The van der Waals surface area contributed by atoms with Gasteiger partial charge in [0.05, 0.1) is 0 Å². The van der Waals surface area contributed by atoms with Gasteiger partial charge in [-0.2, -0.15) is 0 Å². The van der Waals surface area contributed by atoms with E-state index in [0.717, 1.165) is 12.1 Å². The van der Waals surface area contributed by atoms with Crippen molar-refractivity contribution in [3.8, 4) is 0 Å². The summed E-state index contributed by atoms with van der Waals surface area (Å²) in [6.07, 6.45) is 0. The summed E-state index contributed by atoms with van der Waals surface area (Å²) >= 11 is 0. The van der Waals surface area contributed by atoms with E-state index in [-0.39, 0.29) is 5.97 Å². The normalized spacial score (nSPS) is 13.5. The molecule has 0 aromatic rings. The molecular weight excluding hydrogens is 352 g/mol. The summed E-state index contributed by atoms with van der Waals surface area (Å²) in [4.78, 5) is 12.3. The fourth-order valence-corrected chi connectivity index (χ4v) is 17.2. The highest BCUT2D eigenvalue weighted by Gasteiger charge is 2.49. The number of rotatable bonds is 10. The Labute approximate surface area is 152 Å². The smallest absolute Gasteiger partial charge is 0.393 e. The molecule has 0 radical (unpaired) electrons. The number of hydrogen-bond acceptors (Lipinski definition) is 4. The van der Waals surface area contributed by atoms with Crippen molar-refractivity contribution in [3.63, 3.8) is 0 Å². The van der Waals surface area contributed by atoms with Gasteiger partial charge in [0, 0.05) is 17.7 Å². The summed E-state index contributed by atoms with van der Waals surface area (Å²) in [6.45, 7) is 24.6. The molecule has 0 rings (SSSR count). The van der Waals surface area contributed by atoms with Crippen LogP contribution in [0.3, 0.4) is 0 Å². The number of carbonyl (C=O) groups is 1. The second kappa shape index (κ2) is 8.93. The zero-order valence-electron chi connectivity index (χ0n) is 17.4. The minimum atomic E-state index is -2.73. The van der Waals surface area contributed by atoms with E-state index >= 15 is 0 Å². The highest BCUT2D eigenvalue weighted by Crippen LogP contribution is 2.32. The van der Waals surface area contributed by atoms with Gasteiger partial charge >= 0.3 is 23.1 Å². The molecule has 24 heavy (non-hydrogen) atoms. The van der Waals surface area contributed by atoms with Crippen LogP contribution in [0.2, 0.25) is 44.8 Å². The third-order valence-corrected chi connectivity index (χ3v) is 14.4. The van der Waals surface area contributed by atoms with Crippen LogP contribution in [0.5, 0.6) is 0 Å². The molecule has 0 N–H and O–H groups in total. The summed E-state index contributed by atoms with van der Waals surface area (Å²) in [7, 11) is -6.86. The molecule has 0 atom stereocenters. The molecule has 0 saturated heterocycles. The van der Waals surface area contributed by atoms with Crippen molar-refractivity contribution < 1.29 is 17.5 Å². The summed E-state index contributed by atoms with van der Waals surface area (Å²) in [6, 6.07) is 1.57. The Morgan fingerprint density at radius 1 is 0.917 bits per heavy atom. The van der Waals surface area contributed by atoms with E-state index < -0.39 is 25.4 Å². The fourth-order valence-electron chi connectivity index (χ4n) is 2.98. The topological polar surface area (TPSA) is 44.8 Å². The largest absolute Gasteiger partial charge is 0.491 e. The van der Waals surface area contributed by atoms with Gasteiger partial charge < -0.3 is 12.7 Å². The lowest BCUT2D eigenvalue weighted by atomic mass is 10.3. The van der Waals surface area contributed by atoms with Crippen molar-refractivity contribution in [2.75, 3.05) is 0 Å². The number of carbonyl (C=O) groups excluding carboxylic acids is 1. The Bertz CT molecular complexity index is 430. The summed E-state index contributed by atoms with van der Waals surface area (Å²) in [5.41, 5.74) is 0.425. The van der Waals surface area contributed by atoms with Crippen LogP contribution in [0.15, 0.2) is 12.2 Å². The Morgan fingerprint density at radius 3 is 1.62 bits per heavy atom. The van der Waals surface area contributed by atoms with Crippen LogP contribution in [0.1, 0.15) is 34.6 Å². The average Bonchev–Trinajstić information content (AvgIpc) is 2.20. The summed E-state index contributed by atoms with van der Waals surface area (Å²) < 4.78 is 19.0. The van der Waals surface area contributed by atoms with Crippen LogP contribution in [-0.4, -0.2) is 31.4 Å². The zero-order valence-corrected chi connectivity index (χ0v) is 20.4. The molecule has 0 aliphatic rings. The van der Waals surface area contributed by atoms with Crippen LogP contribution in [-0.2, 0) is 17.5 Å². The molecule has 142 valence electrons. The monoisotopic (exact) mass is 390 g/mol. The van der Waals surface area contributed by atoms with Crippen LogP contribution in [0, 0.1) is 11.8 Å². The molecule has 0 aliphatic carbocycles. The van der Waals surface area contributed by atoms with Gasteiger partial charge in [-0.25, -0.2) is 4.79 Å². The Hall–Kier alpha value is -0.219. The second-order valence-electron chi connectivity index (χ2n) is 8.99. The Kier molecular flexibility index (Phi) is 8.85. The quantitative estimate of drug-likeness (QED) is 0.368. The highest BCUT2D eigenvalue weighted by molar-refractivity contribution is 6.86. The lowest BCUT2D eigenvalue weighted by Crippen LogP contribution is -2.57. The predicted molar refractivity (Wildman–Crippen MR) is 109 cm³/mol. The molecule has 0 fully saturated rings. The Balaban J connectivity index is 5.69. The maximum Gasteiger partial charge on any atom is 0.393 e. The minimum absolute atomic E-state index is 0.333. The van der Waals surface area contributed by atoms with Crippen molar-refractivity contribution >= 4 is 31.4 Å². The maximum atomic E-state index is 12.3. The van der Waals surface area contributed by atoms with Crippen molar-refractivity contribution in [1.29, 1.82) is 0 Å². The van der Waals surface area contributed by atoms with E-state index in [0.29, 0.717) is 17.4 Å². The van der Waals surface area contributed by atoms with Gasteiger partial charge in [0.1, 0.15) is 0 Å². The first-order valence-electron chi connectivity index (χ1n) is 8.87. The van der Waals surface area contributed by atoms with Crippen LogP contribution in [0.25, 0.3) is 0 Å². The predicted octanol–water partition coefficient (Wildman–Crippen LogP) is 5.43. The van der Waals surface area contributed by atoms with Gasteiger partial charge in [-0.15, -0.1) is 0 Å². The second-order valence-corrected chi connectivity index (χ2v) is 20.5. The van der Waals surface area contributed by atoms with Crippen LogP contribution in [0.4, 0.5) is 0 Å². The van der Waals surface area contributed by atoms with Gasteiger partial charge in [0.25, 0.3) is 0 Å². The van der Waals surface area contributed by atoms with E-state index in [1.807, 2.05) is 0 Å². The van der Waals surface area contributed by atoms with Crippen molar-refractivity contribution in [1.82, 2.24) is 0 Å². The van der Waals surface area contributed by atoms with Gasteiger partial charge in [0.2, 0.25) is 0 Å². The summed E-state index contributed by atoms with van der Waals surface area (Å²) in [5, 5.41) is 0. The highest BCUT2D eigenvalue weighted by atomic mass is 28.5. The first-order valence-corrected chi connectivity index (χ1v) is 17.3. The standard InChI is InChI=1S/C17H38O4Si3/c1-14(2)12-24(13-15(3)4,19-17(18)16(5)6)21-23(10,11)20-22(7,8)9/h14-15H,5,12-13H2,1-4,6-11H3. The van der Waals surface area contributed by atoms with E-state index in [1.54, 1.807) is 6.92 Å². The molecule has 4 nitrogen and oxygen atoms in total. The molecule has 0 aromatic heterocycles. The SMILES string of the molecule is C=C(C)C(=O)O[Si](CC(C)C)(CC(C)C)O[Si](C)(C)O[Si](C)(C)C. The Morgan fingerprint density at radius 2 is 1.33 bits per heavy atom. The van der Waals surface area contributed by atoms with Gasteiger partial charge in [-0.3, -0.25) is 0 Å². The number of hydrogen-bond donors (Lipinski definition) is 0. The maximum absolute atomic E-state index is 12.3. The zero-order chi connectivity index (χ0) is 19.3. The molecule has 0 aliphatic heterocycles. The third kappa shape index (κ3) is 9.93. The van der Waals surface area contributed by atoms with Gasteiger partial charge in [0.15, 0.2) is 8.32 Å². The first-order chi connectivity index (χ1) is 10.6. The molecule has 0 spiro atoms. The van der Waals surface area contributed by atoms with Crippen molar-refractivity contribution in [2.24, 2.45) is 11.8 Å². The lowest BCUT2D eigenvalue weighted by Gasteiger charge is -2.41. The van der Waals surface area contributed by atoms with Crippen molar-refractivity contribution in [3.05, 3.63) is 12.2 Å². The molecular formula is C17H38O4Si3. The van der Waals surface area contributed by atoms with E-state index in [9.17, 15) is 4.79 Å². The first kappa shape index (κ1) is 23.8. The van der Waals surface area contributed by atoms with Gasteiger partial charge in [-0.1, -0.05) is 34.3 Å². The molecule has 7 heteroatoms. The van der Waals surface area contributed by atoms with Gasteiger partial charge in [-0.05, 0) is 51.5 Å². The van der Waals surface area contributed by atoms with Crippen LogP contribution < -0.4 is 0 Å². The molecule has 0 saturated carbocycles. The average molecular weight is 391 g/mol. The van der Waals surface area contributed by atoms with E-state index in [1.165, 1.54) is 0 Å². The fraction of sp³-hybridized carbons (Fsp3) is 0.824. The van der Waals surface area contributed by atoms with E-state index in [2.05, 4.69) is 67.0 Å². The van der Waals surface area contributed by atoms with Crippen LogP contribution >= 0.6 is 0 Å².